The molecule has 1 heterocycles. The monoisotopic (exact) mass is 231 g/mol. The summed E-state index contributed by atoms with van der Waals surface area (Å²) in [7, 11) is 0. The summed E-state index contributed by atoms with van der Waals surface area (Å²) in [5, 5.41) is 3.94. The van der Waals surface area contributed by atoms with Gasteiger partial charge in [0.15, 0.2) is 5.75 Å². The van der Waals surface area contributed by atoms with Gasteiger partial charge in [-0.05, 0) is 30.7 Å². The molecule has 0 bridgehead atoms. The van der Waals surface area contributed by atoms with Crippen molar-refractivity contribution in [3.8, 4) is 5.75 Å². The van der Waals surface area contributed by atoms with E-state index in [2.05, 4.69) is 24.2 Å². The first-order valence-electron chi connectivity index (χ1n) is 5.22. The van der Waals surface area contributed by atoms with Gasteiger partial charge < -0.3 is 4.84 Å². The molecule has 3 heteroatoms. The first-order chi connectivity index (χ1) is 7.88. The topological polar surface area (TPSA) is 21.6 Å². The Bertz CT molecular complexity index is 462. The SMILES string of the molecule is CCc1ccc(/C=N/Oc2ccccc2)s1. The first-order valence-corrected chi connectivity index (χ1v) is 6.04. The van der Waals surface area contributed by atoms with Gasteiger partial charge >= 0.3 is 0 Å². The summed E-state index contributed by atoms with van der Waals surface area (Å²) in [6.45, 7) is 2.15. The van der Waals surface area contributed by atoms with E-state index in [-0.39, 0.29) is 0 Å². The molecule has 0 aliphatic rings. The summed E-state index contributed by atoms with van der Waals surface area (Å²) < 4.78 is 0. The molecule has 1 aromatic heterocycles. The minimum absolute atomic E-state index is 0.756. The lowest BCUT2D eigenvalue weighted by atomic mass is 10.3. The summed E-state index contributed by atoms with van der Waals surface area (Å²) >= 11 is 1.74. The van der Waals surface area contributed by atoms with Crippen molar-refractivity contribution < 1.29 is 4.84 Å². The fourth-order valence-corrected chi connectivity index (χ4v) is 2.09. The molecule has 0 unspecified atom stereocenters. The van der Waals surface area contributed by atoms with Crippen LogP contribution in [-0.2, 0) is 6.42 Å². The minimum Gasteiger partial charge on any atom is -0.357 e. The Morgan fingerprint density at radius 1 is 1.19 bits per heavy atom. The van der Waals surface area contributed by atoms with Crippen LogP contribution in [0.4, 0.5) is 0 Å². The van der Waals surface area contributed by atoms with Gasteiger partial charge in [-0.25, -0.2) is 0 Å². The second kappa shape index (κ2) is 5.47. The Labute approximate surface area is 99.2 Å². The quantitative estimate of drug-likeness (QED) is 0.580. The highest BCUT2D eigenvalue weighted by Gasteiger charge is 1.95. The van der Waals surface area contributed by atoms with Crippen molar-refractivity contribution in [1.29, 1.82) is 0 Å². The number of rotatable bonds is 4. The van der Waals surface area contributed by atoms with Gasteiger partial charge in [-0.15, -0.1) is 11.3 Å². The third-order valence-corrected chi connectivity index (χ3v) is 3.28. The zero-order valence-corrected chi connectivity index (χ0v) is 9.91. The van der Waals surface area contributed by atoms with E-state index in [0.29, 0.717) is 0 Å². The minimum atomic E-state index is 0.756. The van der Waals surface area contributed by atoms with E-state index in [9.17, 15) is 0 Å². The molecule has 0 atom stereocenters. The standard InChI is InChI=1S/C13H13NOS/c1-2-12-8-9-13(16-12)10-14-15-11-6-4-3-5-7-11/h3-10H,2H2,1H3/b14-10+. The van der Waals surface area contributed by atoms with Crippen LogP contribution in [0.5, 0.6) is 5.75 Å². The van der Waals surface area contributed by atoms with Crippen LogP contribution in [0.1, 0.15) is 16.7 Å². The lowest BCUT2D eigenvalue weighted by Crippen LogP contribution is -1.83. The van der Waals surface area contributed by atoms with Gasteiger partial charge in [-0.3, -0.25) is 0 Å². The molecule has 0 N–H and O–H groups in total. The molecule has 1 aromatic carbocycles. The molecule has 2 nitrogen and oxygen atoms in total. The zero-order valence-electron chi connectivity index (χ0n) is 9.09. The molecule has 2 rings (SSSR count). The Balaban J connectivity index is 1.95. The number of benzene rings is 1. The number of thiophene rings is 1. The molecule has 16 heavy (non-hydrogen) atoms. The second-order valence-corrected chi connectivity index (χ2v) is 4.50. The Morgan fingerprint density at radius 3 is 2.69 bits per heavy atom. The molecule has 0 spiro atoms. The molecule has 2 aromatic rings. The van der Waals surface area contributed by atoms with E-state index < -0.39 is 0 Å². The van der Waals surface area contributed by atoms with Crippen LogP contribution in [0.15, 0.2) is 47.6 Å². The van der Waals surface area contributed by atoms with Gasteiger partial charge in [0.2, 0.25) is 0 Å². The molecule has 0 amide bonds. The maximum absolute atomic E-state index is 5.23. The van der Waals surface area contributed by atoms with Crippen LogP contribution in [0.3, 0.4) is 0 Å². The van der Waals surface area contributed by atoms with Gasteiger partial charge in [0.1, 0.15) is 0 Å². The highest BCUT2D eigenvalue weighted by molar-refractivity contribution is 7.13. The predicted molar refractivity (Wildman–Crippen MR) is 68.4 cm³/mol. The molecule has 82 valence electrons. The Kier molecular flexibility index (Phi) is 3.72. The van der Waals surface area contributed by atoms with Crippen molar-refractivity contribution in [2.24, 2.45) is 5.16 Å². The van der Waals surface area contributed by atoms with Gasteiger partial charge in [0, 0.05) is 9.75 Å². The van der Waals surface area contributed by atoms with E-state index in [0.717, 1.165) is 17.0 Å². The number of para-hydroxylation sites is 1. The smallest absolute Gasteiger partial charge is 0.157 e. The van der Waals surface area contributed by atoms with Crippen LogP contribution in [0.25, 0.3) is 0 Å². The average molecular weight is 231 g/mol. The predicted octanol–water partition coefficient (Wildman–Crippen LogP) is 3.72. The molecule has 0 saturated heterocycles. The fraction of sp³-hybridized carbons (Fsp3) is 0.154. The molecular weight excluding hydrogens is 218 g/mol. The number of aryl methyl sites for hydroxylation is 1. The van der Waals surface area contributed by atoms with Gasteiger partial charge in [-0.2, -0.15) is 0 Å². The number of nitrogens with zero attached hydrogens (tertiary/aromatic N) is 1. The molecule has 0 saturated carbocycles. The van der Waals surface area contributed by atoms with Crippen molar-refractivity contribution in [2.45, 2.75) is 13.3 Å². The third kappa shape index (κ3) is 2.94. The van der Waals surface area contributed by atoms with E-state index >= 15 is 0 Å². The molecular formula is C13H13NOS. The van der Waals surface area contributed by atoms with Gasteiger partial charge in [0.25, 0.3) is 0 Å². The van der Waals surface area contributed by atoms with Gasteiger partial charge in [0.05, 0.1) is 6.21 Å². The number of oxime groups is 1. The molecule has 0 aliphatic carbocycles. The van der Waals surface area contributed by atoms with E-state index in [1.165, 1.54) is 4.88 Å². The van der Waals surface area contributed by atoms with Crippen LogP contribution in [0, 0.1) is 0 Å². The molecule has 0 fully saturated rings. The lowest BCUT2D eigenvalue weighted by Gasteiger charge is -1.95. The first kappa shape index (κ1) is 10.9. The highest BCUT2D eigenvalue weighted by atomic mass is 32.1. The van der Waals surface area contributed by atoms with Crippen molar-refractivity contribution in [3.05, 3.63) is 52.2 Å². The fourth-order valence-electron chi connectivity index (χ4n) is 1.27. The Hall–Kier alpha value is -1.61. The molecule has 0 aliphatic heterocycles. The van der Waals surface area contributed by atoms with Crippen molar-refractivity contribution in [3.63, 3.8) is 0 Å². The van der Waals surface area contributed by atoms with Crippen LogP contribution < -0.4 is 4.84 Å². The van der Waals surface area contributed by atoms with Crippen molar-refractivity contribution in [1.82, 2.24) is 0 Å². The number of hydrogen-bond donors (Lipinski definition) is 0. The van der Waals surface area contributed by atoms with Crippen molar-refractivity contribution >= 4 is 17.6 Å². The van der Waals surface area contributed by atoms with E-state index in [4.69, 9.17) is 4.84 Å². The Morgan fingerprint density at radius 2 is 2.00 bits per heavy atom. The third-order valence-electron chi connectivity index (χ3n) is 2.11. The maximum Gasteiger partial charge on any atom is 0.157 e. The summed E-state index contributed by atoms with van der Waals surface area (Å²) in [5.41, 5.74) is 0. The summed E-state index contributed by atoms with van der Waals surface area (Å²) in [6.07, 6.45) is 2.81. The van der Waals surface area contributed by atoms with Crippen LogP contribution in [-0.4, -0.2) is 6.21 Å². The lowest BCUT2D eigenvalue weighted by molar-refractivity contribution is 0.344. The summed E-state index contributed by atoms with van der Waals surface area (Å²) in [4.78, 5) is 7.71. The maximum atomic E-state index is 5.23. The van der Waals surface area contributed by atoms with Gasteiger partial charge in [-0.1, -0.05) is 30.3 Å². The van der Waals surface area contributed by atoms with Crippen LogP contribution in [0.2, 0.25) is 0 Å². The second-order valence-electron chi connectivity index (χ2n) is 3.30. The van der Waals surface area contributed by atoms with Crippen LogP contribution >= 0.6 is 11.3 Å². The van der Waals surface area contributed by atoms with E-state index in [1.807, 2.05) is 30.3 Å². The summed E-state index contributed by atoms with van der Waals surface area (Å²) in [5.74, 6) is 0.756. The highest BCUT2D eigenvalue weighted by Crippen LogP contribution is 2.15. The average Bonchev–Trinajstić information content (AvgIpc) is 2.78. The summed E-state index contributed by atoms with van der Waals surface area (Å²) in [6, 6.07) is 13.7. The zero-order chi connectivity index (χ0) is 11.2. The largest absolute Gasteiger partial charge is 0.357 e. The van der Waals surface area contributed by atoms with Crippen molar-refractivity contribution in [2.75, 3.05) is 0 Å². The number of hydrogen-bond acceptors (Lipinski definition) is 3. The molecule has 0 radical (unpaired) electrons. The normalized spacial score (nSPS) is 10.8. The van der Waals surface area contributed by atoms with E-state index in [1.54, 1.807) is 17.6 Å².